The van der Waals surface area contributed by atoms with Gasteiger partial charge in [0.25, 0.3) is 0 Å². The minimum absolute atomic E-state index is 1.04. The Morgan fingerprint density at radius 2 is 1.83 bits per heavy atom. The highest BCUT2D eigenvalue weighted by atomic mass is 15.1. The summed E-state index contributed by atoms with van der Waals surface area (Å²) in [5.74, 6) is 2.13. The van der Waals surface area contributed by atoms with E-state index in [1.54, 1.807) is 0 Å². The first-order chi connectivity index (χ1) is 5.77. The molecule has 1 aliphatic rings. The third-order valence-corrected chi connectivity index (χ3v) is 3.22. The van der Waals surface area contributed by atoms with E-state index < -0.39 is 0 Å². The van der Waals surface area contributed by atoms with Crippen LogP contribution in [0.15, 0.2) is 0 Å². The van der Waals surface area contributed by atoms with Crippen LogP contribution >= 0.6 is 0 Å². The van der Waals surface area contributed by atoms with Crippen LogP contribution in [0.5, 0.6) is 0 Å². The Hall–Kier alpha value is -0.0400. The summed E-state index contributed by atoms with van der Waals surface area (Å²) in [6.07, 6.45) is 4.38. The standard InChI is InChI=1S/C11H23N/c1-4-12(5-2)8-6-7-11-9-10(11)3/h10-11H,4-9H2,1-3H3/t10-,11?/m0/s1. The Bertz CT molecular complexity index is 118. The van der Waals surface area contributed by atoms with Crippen molar-refractivity contribution in [3.05, 3.63) is 0 Å². The van der Waals surface area contributed by atoms with Crippen molar-refractivity contribution in [3.8, 4) is 0 Å². The van der Waals surface area contributed by atoms with Crippen LogP contribution in [0, 0.1) is 11.8 Å². The summed E-state index contributed by atoms with van der Waals surface area (Å²) in [7, 11) is 0. The topological polar surface area (TPSA) is 3.24 Å². The van der Waals surface area contributed by atoms with Crippen LogP contribution in [0.1, 0.15) is 40.0 Å². The van der Waals surface area contributed by atoms with Gasteiger partial charge >= 0.3 is 0 Å². The predicted octanol–water partition coefficient (Wildman–Crippen LogP) is 2.76. The van der Waals surface area contributed by atoms with E-state index in [0.717, 1.165) is 11.8 Å². The molecule has 0 N–H and O–H groups in total. The minimum Gasteiger partial charge on any atom is -0.304 e. The summed E-state index contributed by atoms with van der Waals surface area (Å²) < 4.78 is 0. The van der Waals surface area contributed by atoms with Gasteiger partial charge < -0.3 is 4.90 Å². The molecule has 0 radical (unpaired) electrons. The molecule has 0 bridgehead atoms. The van der Waals surface area contributed by atoms with E-state index in [-0.39, 0.29) is 0 Å². The van der Waals surface area contributed by atoms with Crippen LogP contribution in [0.25, 0.3) is 0 Å². The average Bonchev–Trinajstić information content (AvgIpc) is 2.76. The maximum atomic E-state index is 2.52. The summed E-state index contributed by atoms with van der Waals surface area (Å²) in [5, 5.41) is 0. The van der Waals surface area contributed by atoms with Crippen molar-refractivity contribution in [2.45, 2.75) is 40.0 Å². The van der Waals surface area contributed by atoms with E-state index >= 15 is 0 Å². The molecule has 2 atom stereocenters. The van der Waals surface area contributed by atoms with Gasteiger partial charge in [0.2, 0.25) is 0 Å². The van der Waals surface area contributed by atoms with Crippen LogP contribution in [-0.4, -0.2) is 24.5 Å². The highest BCUT2D eigenvalue weighted by Crippen LogP contribution is 2.41. The third kappa shape index (κ3) is 3.14. The normalized spacial score (nSPS) is 28.0. The number of rotatable bonds is 6. The molecule has 0 aromatic rings. The first-order valence-electron chi connectivity index (χ1n) is 5.50. The van der Waals surface area contributed by atoms with E-state index in [0.29, 0.717) is 0 Å². The lowest BCUT2D eigenvalue weighted by atomic mass is 10.2. The molecule has 1 heteroatoms. The quantitative estimate of drug-likeness (QED) is 0.591. The van der Waals surface area contributed by atoms with Crippen molar-refractivity contribution in [1.29, 1.82) is 0 Å². The molecule has 1 nitrogen and oxygen atoms in total. The number of nitrogens with zero attached hydrogens (tertiary/aromatic N) is 1. The molecule has 0 aliphatic heterocycles. The molecule has 72 valence electrons. The predicted molar refractivity (Wildman–Crippen MR) is 54.3 cm³/mol. The van der Waals surface area contributed by atoms with Crippen LogP contribution < -0.4 is 0 Å². The lowest BCUT2D eigenvalue weighted by molar-refractivity contribution is 0.293. The Kier molecular flexibility index (Phi) is 4.07. The zero-order chi connectivity index (χ0) is 8.97. The van der Waals surface area contributed by atoms with Gasteiger partial charge in [-0.2, -0.15) is 0 Å². The second kappa shape index (κ2) is 4.86. The molecule has 0 aromatic heterocycles. The van der Waals surface area contributed by atoms with E-state index in [1.807, 2.05) is 0 Å². The van der Waals surface area contributed by atoms with E-state index in [4.69, 9.17) is 0 Å². The van der Waals surface area contributed by atoms with Gasteiger partial charge in [-0.05, 0) is 50.7 Å². The lowest BCUT2D eigenvalue weighted by Gasteiger charge is -2.17. The molecule has 1 aliphatic carbocycles. The first kappa shape index (κ1) is 10.0. The van der Waals surface area contributed by atoms with Crippen LogP contribution in [0.4, 0.5) is 0 Å². The van der Waals surface area contributed by atoms with E-state index in [2.05, 4.69) is 25.7 Å². The summed E-state index contributed by atoms with van der Waals surface area (Å²) in [6, 6.07) is 0. The van der Waals surface area contributed by atoms with Gasteiger partial charge in [0, 0.05) is 0 Å². The van der Waals surface area contributed by atoms with Gasteiger partial charge in [-0.25, -0.2) is 0 Å². The molecule has 1 rings (SSSR count). The second-order valence-electron chi connectivity index (χ2n) is 4.14. The summed E-state index contributed by atoms with van der Waals surface area (Å²) >= 11 is 0. The molecule has 1 fully saturated rings. The fourth-order valence-corrected chi connectivity index (χ4v) is 1.92. The van der Waals surface area contributed by atoms with Crippen molar-refractivity contribution < 1.29 is 0 Å². The molecule has 1 unspecified atom stereocenters. The number of hydrogen-bond acceptors (Lipinski definition) is 1. The zero-order valence-corrected chi connectivity index (χ0v) is 8.84. The molecular weight excluding hydrogens is 146 g/mol. The van der Waals surface area contributed by atoms with Crippen molar-refractivity contribution in [2.75, 3.05) is 19.6 Å². The minimum atomic E-state index is 1.04. The lowest BCUT2D eigenvalue weighted by Crippen LogP contribution is -2.23. The number of hydrogen-bond donors (Lipinski definition) is 0. The monoisotopic (exact) mass is 169 g/mol. The zero-order valence-electron chi connectivity index (χ0n) is 8.84. The molecule has 0 heterocycles. The summed E-state index contributed by atoms with van der Waals surface area (Å²) in [4.78, 5) is 2.52. The maximum Gasteiger partial charge on any atom is -0.00189 e. The van der Waals surface area contributed by atoms with Crippen LogP contribution in [0.3, 0.4) is 0 Å². The molecule has 1 saturated carbocycles. The van der Waals surface area contributed by atoms with Gasteiger partial charge in [-0.1, -0.05) is 20.8 Å². The second-order valence-corrected chi connectivity index (χ2v) is 4.14. The smallest absolute Gasteiger partial charge is 0.00189 e. The van der Waals surface area contributed by atoms with Gasteiger partial charge in [0.15, 0.2) is 0 Å². The highest BCUT2D eigenvalue weighted by Gasteiger charge is 2.31. The summed E-state index contributed by atoms with van der Waals surface area (Å²) in [6.45, 7) is 10.6. The van der Waals surface area contributed by atoms with Crippen molar-refractivity contribution in [2.24, 2.45) is 11.8 Å². The molecule has 0 aromatic carbocycles. The highest BCUT2D eigenvalue weighted by molar-refractivity contribution is 4.82. The fraction of sp³-hybridized carbons (Fsp3) is 1.00. The molecular formula is C11H23N. The van der Waals surface area contributed by atoms with Gasteiger partial charge in [-0.3, -0.25) is 0 Å². The van der Waals surface area contributed by atoms with E-state index in [1.165, 1.54) is 38.9 Å². The van der Waals surface area contributed by atoms with Crippen LogP contribution in [0.2, 0.25) is 0 Å². The Morgan fingerprint density at radius 1 is 1.25 bits per heavy atom. The van der Waals surface area contributed by atoms with Crippen molar-refractivity contribution in [3.63, 3.8) is 0 Å². The Labute approximate surface area is 77.1 Å². The van der Waals surface area contributed by atoms with Gasteiger partial charge in [-0.15, -0.1) is 0 Å². The molecule has 12 heavy (non-hydrogen) atoms. The maximum absolute atomic E-state index is 2.52. The SMILES string of the molecule is CCN(CC)CCCC1C[C@@H]1C. The Morgan fingerprint density at radius 3 is 2.25 bits per heavy atom. The van der Waals surface area contributed by atoms with Crippen molar-refractivity contribution in [1.82, 2.24) is 4.90 Å². The van der Waals surface area contributed by atoms with E-state index in [9.17, 15) is 0 Å². The largest absolute Gasteiger partial charge is 0.304 e. The average molecular weight is 169 g/mol. The van der Waals surface area contributed by atoms with Crippen molar-refractivity contribution >= 4 is 0 Å². The van der Waals surface area contributed by atoms with Gasteiger partial charge in [0.1, 0.15) is 0 Å². The van der Waals surface area contributed by atoms with Gasteiger partial charge in [0.05, 0.1) is 0 Å². The molecule has 0 spiro atoms. The Balaban J connectivity index is 1.93. The van der Waals surface area contributed by atoms with Crippen LogP contribution in [-0.2, 0) is 0 Å². The fourth-order valence-electron chi connectivity index (χ4n) is 1.92. The molecule has 0 saturated heterocycles. The first-order valence-corrected chi connectivity index (χ1v) is 5.50. The summed E-state index contributed by atoms with van der Waals surface area (Å²) in [5.41, 5.74) is 0. The third-order valence-electron chi connectivity index (χ3n) is 3.22. The molecule has 0 amide bonds.